The van der Waals surface area contributed by atoms with E-state index in [0.717, 1.165) is 6.20 Å². The van der Waals surface area contributed by atoms with Crippen molar-refractivity contribution in [3.8, 4) is 0 Å². The van der Waals surface area contributed by atoms with Crippen LogP contribution in [-0.2, 0) is 11.3 Å². The van der Waals surface area contributed by atoms with E-state index in [1.165, 1.54) is 35.9 Å². The Balaban J connectivity index is 1.96. The lowest BCUT2D eigenvalue weighted by Gasteiger charge is -2.22. The zero-order valence-electron chi connectivity index (χ0n) is 14.9. The quantitative estimate of drug-likeness (QED) is 0.410. The van der Waals surface area contributed by atoms with Crippen molar-refractivity contribution in [1.29, 1.82) is 0 Å². The van der Waals surface area contributed by atoms with Crippen LogP contribution < -0.4 is 5.32 Å². The summed E-state index contributed by atoms with van der Waals surface area (Å²) < 4.78 is 1.32. The van der Waals surface area contributed by atoms with Crippen molar-refractivity contribution in [3.05, 3.63) is 61.9 Å². The molecule has 0 saturated carbocycles. The predicted octanol–water partition coefficient (Wildman–Crippen LogP) is 0.609. The Hall–Kier alpha value is -3.38. The molecule has 2 unspecified atom stereocenters. The highest BCUT2D eigenvalue weighted by atomic mass is 16.6. The van der Waals surface area contributed by atoms with Gasteiger partial charge < -0.3 is 15.5 Å². The number of aliphatic hydroxyl groups excluding tert-OH is 2. The van der Waals surface area contributed by atoms with E-state index < -0.39 is 34.5 Å². The van der Waals surface area contributed by atoms with Gasteiger partial charge in [0, 0.05) is 18.6 Å². The Morgan fingerprint density at radius 2 is 1.89 bits per heavy atom. The number of benzene rings is 1. The number of nitro groups is 2. The fraction of sp³-hybridized carbons (Fsp3) is 0.375. The van der Waals surface area contributed by atoms with Crippen LogP contribution in [0.1, 0.15) is 23.8 Å². The first kappa shape index (κ1) is 20.9. The summed E-state index contributed by atoms with van der Waals surface area (Å²) in [6, 6.07) is 4.07. The second kappa shape index (κ2) is 9.01. The van der Waals surface area contributed by atoms with Crippen LogP contribution in [0, 0.1) is 27.2 Å². The second-order valence-corrected chi connectivity index (χ2v) is 6.00. The normalized spacial score (nSPS) is 13.0. The number of carbonyl (C=O) groups excluding carboxylic acids is 1. The van der Waals surface area contributed by atoms with Crippen LogP contribution in [0.5, 0.6) is 0 Å². The lowest BCUT2D eigenvalue weighted by atomic mass is 10.0. The molecule has 2 atom stereocenters. The van der Waals surface area contributed by atoms with E-state index in [2.05, 4.69) is 10.4 Å². The van der Waals surface area contributed by atoms with Gasteiger partial charge in [0.15, 0.2) is 0 Å². The Morgan fingerprint density at radius 3 is 2.39 bits per heavy atom. The minimum Gasteiger partial charge on any atom is -0.394 e. The molecule has 1 aromatic carbocycles. The molecule has 0 aliphatic carbocycles. The largest absolute Gasteiger partial charge is 0.394 e. The molecule has 2 aromatic rings. The van der Waals surface area contributed by atoms with Gasteiger partial charge in [0.2, 0.25) is 5.91 Å². The van der Waals surface area contributed by atoms with Crippen LogP contribution in [0.3, 0.4) is 0 Å². The average Bonchev–Trinajstić information content (AvgIpc) is 3.04. The first-order chi connectivity index (χ1) is 13.2. The van der Waals surface area contributed by atoms with Crippen molar-refractivity contribution >= 4 is 17.3 Å². The van der Waals surface area contributed by atoms with Gasteiger partial charge in [0.05, 0.1) is 29.0 Å². The number of nitro benzene ring substituents is 1. The summed E-state index contributed by atoms with van der Waals surface area (Å²) in [5, 5.41) is 47.6. The number of amides is 1. The molecule has 0 aliphatic rings. The van der Waals surface area contributed by atoms with Crippen molar-refractivity contribution in [2.75, 3.05) is 6.61 Å². The summed E-state index contributed by atoms with van der Waals surface area (Å²) in [5.41, 5.74) is 0.303. The maximum atomic E-state index is 12.1. The molecule has 12 heteroatoms. The van der Waals surface area contributed by atoms with E-state index in [1.807, 2.05) is 0 Å². The highest BCUT2D eigenvalue weighted by molar-refractivity contribution is 5.76. The van der Waals surface area contributed by atoms with Crippen LogP contribution in [0.2, 0.25) is 0 Å². The highest BCUT2D eigenvalue weighted by Crippen LogP contribution is 2.21. The van der Waals surface area contributed by atoms with Gasteiger partial charge in [-0.25, -0.2) is 0 Å². The van der Waals surface area contributed by atoms with Crippen LogP contribution in [0.25, 0.3) is 0 Å². The van der Waals surface area contributed by atoms with Gasteiger partial charge >= 0.3 is 5.69 Å². The molecular formula is C16H19N5O7. The first-order valence-corrected chi connectivity index (χ1v) is 8.24. The number of aryl methyl sites for hydroxylation is 1. The van der Waals surface area contributed by atoms with Gasteiger partial charge in [-0.05, 0) is 24.6 Å². The third-order valence-corrected chi connectivity index (χ3v) is 4.19. The van der Waals surface area contributed by atoms with Gasteiger partial charge in [-0.15, -0.1) is 0 Å². The minimum atomic E-state index is -1.28. The molecule has 28 heavy (non-hydrogen) atoms. The van der Waals surface area contributed by atoms with Crippen molar-refractivity contribution in [2.45, 2.75) is 32.0 Å². The monoisotopic (exact) mass is 393 g/mol. The number of nitrogens with one attached hydrogen (secondary N) is 1. The van der Waals surface area contributed by atoms with E-state index in [0.29, 0.717) is 11.3 Å². The molecule has 0 spiro atoms. The average molecular weight is 393 g/mol. The summed E-state index contributed by atoms with van der Waals surface area (Å²) in [7, 11) is 0. The summed E-state index contributed by atoms with van der Waals surface area (Å²) >= 11 is 0. The van der Waals surface area contributed by atoms with E-state index in [-0.39, 0.29) is 24.3 Å². The molecule has 0 radical (unpaired) electrons. The van der Waals surface area contributed by atoms with Gasteiger partial charge in [-0.3, -0.25) is 29.7 Å². The van der Waals surface area contributed by atoms with E-state index in [4.69, 9.17) is 0 Å². The van der Waals surface area contributed by atoms with Crippen LogP contribution in [-0.4, -0.2) is 48.4 Å². The number of aliphatic hydroxyl groups is 2. The second-order valence-electron chi connectivity index (χ2n) is 6.00. The maximum Gasteiger partial charge on any atom is 0.309 e. The molecule has 0 fully saturated rings. The van der Waals surface area contributed by atoms with Crippen molar-refractivity contribution in [1.82, 2.24) is 15.1 Å². The Bertz CT molecular complexity index is 865. The molecule has 1 aromatic heterocycles. The number of non-ortho nitro benzene ring substituents is 1. The zero-order valence-corrected chi connectivity index (χ0v) is 14.9. The number of carbonyl (C=O) groups is 1. The molecule has 150 valence electrons. The molecule has 0 bridgehead atoms. The zero-order chi connectivity index (χ0) is 20.8. The summed E-state index contributed by atoms with van der Waals surface area (Å²) in [6.45, 7) is 1.03. The van der Waals surface area contributed by atoms with E-state index >= 15 is 0 Å². The Labute approximate surface area is 158 Å². The molecule has 1 heterocycles. The number of hydrogen-bond donors (Lipinski definition) is 3. The molecule has 0 saturated heterocycles. The van der Waals surface area contributed by atoms with Crippen molar-refractivity contribution in [2.24, 2.45) is 0 Å². The smallest absolute Gasteiger partial charge is 0.309 e. The predicted molar refractivity (Wildman–Crippen MR) is 95.3 cm³/mol. The first-order valence-electron chi connectivity index (χ1n) is 8.24. The molecular weight excluding hydrogens is 374 g/mol. The van der Waals surface area contributed by atoms with Crippen LogP contribution >= 0.6 is 0 Å². The Kier molecular flexibility index (Phi) is 6.74. The van der Waals surface area contributed by atoms with Gasteiger partial charge in [-0.1, -0.05) is 0 Å². The maximum absolute atomic E-state index is 12.1. The topological polar surface area (TPSA) is 174 Å². The molecule has 0 aliphatic heterocycles. The van der Waals surface area contributed by atoms with Gasteiger partial charge in [0.1, 0.15) is 18.0 Å². The Morgan fingerprint density at radius 1 is 1.25 bits per heavy atom. The minimum absolute atomic E-state index is 0.0802. The fourth-order valence-electron chi connectivity index (χ4n) is 2.58. The number of nitrogens with zero attached hydrogens (tertiary/aromatic N) is 4. The fourth-order valence-corrected chi connectivity index (χ4v) is 2.58. The summed E-state index contributed by atoms with van der Waals surface area (Å²) in [4.78, 5) is 32.4. The SMILES string of the molecule is Cc1c([N+](=O)[O-])cnn1CCC(=O)NC(CO)C(O)c1ccc([N+](=O)[O-])cc1. The third kappa shape index (κ3) is 4.86. The van der Waals surface area contributed by atoms with Crippen molar-refractivity contribution < 1.29 is 24.9 Å². The van der Waals surface area contributed by atoms with Gasteiger partial charge in [0.25, 0.3) is 5.69 Å². The van der Waals surface area contributed by atoms with Crippen molar-refractivity contribution in [3.63, 3.8) is 0 Å². The third-order valence-electron chi connectivity index (χ3n) is 4.19. The van der Waals surface area contributed by atoms with E-state index in [1.54, 1.807) is 0 Å². The standard InChI is InChI=1S/C16H19N5O7/c1-10-14(21(27)28)8-17-19(10)7-6-15(23)18-13(9-22)16(24)11-2-4-12(5-3-11)20(25)26/h2-5,8,13,16,22,24H,6-7,9H2,1H3,(H,18,23). The highest BCUT2D eigenvalue weighted by Gasteiger charge is 2.23. The lowest BCUT2D eigenvalue weighted by molar-refractivity contribution is -0.385. The molecule has 1 amide bonds. The lowest BCUT2D eigenvalue weighted by Crippen LogP contribution is -2.42. The molecule has 12 nitrogen and oxygen atoms in total. The number of hydrogen-bond acceptors (Lipinski definition) is 8. The van der Waals surface area contributed by atoms with Crippen LogP contribution in [0.4, 0.5) is 11.4 Å². The number of rotatable bonds is 9. The van der Waals surface area contributed by atoms with Gasteiger partial charge in [-0.2, -0.15) is 5.10 Å². The van der Waals surface area contributed by atoms with E-state index in [9.17, 15) is 35.2 Å². The number of aromatic nitrogens is 2. The molecule has 3 N–H and O–H groups in total. The van der Waals surface area contributed by atoms with Crippen LogP contribution in [0.15, 0.2) is 30.5 Å². The molecule has 2 rings (SSSR count). The summed E-state index contributed by atoms with van der Waals surface area (Å²) in [5.74, 6) is -0.502. The summed E-state index contributed by atoms with van der Waals surface area (Å²) in [6.07, 6.45) is -0.257.